The molecule has 18 heavy (non-hydrogen) atoms. The minimum Gasteiger partial charge on any atom is -0.464 e. The molecule has 0 bridgehead atoms. The maximum atomic E-state index is 12.0. The Bertz CT molecular complexity index is 334. The monoisotopic (exact) mass is 295 g/mol. The number of alkyl halides is 2. The number of nitrogens with one attached hydrogen (secondary N) is 1. The van der Waals surface area contributed by atoms with E-state index < -0.39 is 5.76 Å². The summed E-state index contributed by atoms with van der Waals surface area (Å²) in [7, 11) is 0. The molecule has 1 N–H and O–H groups in total. The van der Waals surface area contributed by atoms with Crippen LogP contribution in [0.2, 0.25) is 0 Å². The Hall–Kier alpha value is -0.200. The Morgan fingerprint density at radius 2 is 2.06 bits per heavy atom. The zero-order valence-corrected chi connectivity index (χ0v) is 12.3. The van der Waals surface area contributed by atoms with Crippen LogP contribution in [0.4, 0.5) is 8.78 Å². The van der Waals surface area contributed by atoms with Crippen LogP contribution in [0, 0.1) is 5.92 Å². The van der Waals surface area contributed by atoms with Crippen molar-refractivity contribution < 1.29 is 13.2 Å². The predicted molar refractivity (Wildman–Crippen MR) is 75.3 cm³/mol. The first kappa shape index (κ1) is 15.9. The fraction of sp³-hybridized carbons (Fsp3) is 0.667. The van der Waals surface area contributed by atoms with Crippen molar-refractivity contribution >= 4 is 23.5 Å². The summed E-state index contributed by atoms with van der Waals surface area (Å²) in [5.41, 5.74) is 0. The highest BCUT2D eigenvalue weighted by atomic mass is 32.2. The summed E-state index contributed by atoms with van der Waals surface area (Å²) >= 11 is 2.41. The Labute approximate surface area is 115 Å². The summed E-state index contributed by atoms with van der Waals surface area (Å²) in [6.07, 6.45) is 2.09. The molecule has 1 unspecified atom stereocenters. The van der Waals surface area contributed by atoms with E-state index in [9.17, 15) is 8.78 Å². The van der Waals surface area contributed by atoms with Crippen LogP contribution < -0.4 is 5.32 Å². The van der Waals surface area contributed by atoms with Crippen molar-refractivity contribution in [2.45, 2.75) is 25.0 Å². The molecule has 104 valence electrons. The lowest BCUT2D eigenvalue weighted by Gasteiger charge is -2.09. The van der Waals surface area contributed by atoms with Crippen LogP contribution in [0.3, 0.4) is 0 Å². The highest BCUT2D eigenvalue weighted by Crippen LogP contribution is 2.21. The topological polar surface area (TPSA) is 25.2 Å². The van der Waals surface area contributed by atoms with Gasteiger partial charge in [-0.05, 0) is 36.6 Å². The van der Waals surface area contributed by atoms with Crippen molar-refractivity contribution in [1.29, 1.82) is 0 Å². The van der Waals surface area contributed by atoms with Crippen LogP contribution in [-0.4, -0.2) is 24.3 Å². The second-order valence-corrected chi connectivity index (χ2v) is 6.02. The quantitative estimate of drug-likeness (QED) is 0.748. The molecule has 1 aromatic heterocycles. The average Bonchev–Trinajstić information content (AvgIpc) is 2.75. The van der Waals surface area contributed by atoms with E-state index in [2.05, 4.69) is 18.5 Å². The van der Waals surface area contributed by atoms with Crippen LogP contribution in [0.1, 0.15) is 18.4 Å². The van der Waals surface area contributed by atoms with Crippen molar-refractivity contribution in [3.63, 3.8) is 0 Å². The Balaban J connectivity index is 2.22. The first-order chi connectivity index (χ1) is 8.61. The lowest BCUT2D eigenvalue weighted by atomic mass is 10.2. The molecule has 0 spiro atoms. The molecule has 1 aromatic rings. The van der Waals surface area contributed by atoms with Crippen molar-refractivity contribution in [1.82, 2.24) is 5.32 Å². The molecule has 6 heteroatoms. The Morgan fingerprint density at radius 1 is 1.33 bits per heavy atom. The molecular weight excluding hydrogens is 276 g/mol. The van der Waals surface area contributed by atoms with E-state index in [1.54, 1.807) is 6.07 Å². The molecule has 1 rings (SSSR count). The number of hydrogen-bond acceptors (Lipinski definition) is 4. The SMILES string of the molecule is CSCC(C)CNCc1ccc(CSC(F)F)o1. The van der Waals surface area contributed by atoms with Gasteiger partial charge < -0.3 is 9.73 Å². The van der Waals surface area contributed by atoms with Gasteiger partial charge in [-0.3, -0.25) is 0 Å². The molecule has 0 fully saturated rings. The number of rotatable bonds is 9. The number of halogens is 2. The summed E-state index contributed by atoms with van der Waals surface area (Å²) in [6, 6.07) is 3.60. The second kappa shape index (κ2) is 8.82. The molecule has 0 aromatic carbocycles. The van der Waals surface area contributed by atoms with E-state index in [1.165, 1.54) is 0 Å². The Kier molecular flexibility index (Phi) is 7.77. The van der Waals surface area contributed by atoms with Crippen LogP contribution in [0.15, 0.2) is 16.5 Å². The largest absolute Gasteiger partial charge is 0.464 e. The number of hydrogen-bond donors (Lipinski definition) is 1. The molecule has 2 nitrogen and oxygen atoms in total. The van der Waals surface area contributed by atoms with Gasteiger partial charge in [-0.25, -0.2) is 0 Å². The minimum atomic E-state index is -2.34. The van der Waals surface area contributed by atoms with E-state index in [0.29, 0.717) is 30.0 Å². The highest BCUT2D eigenvalue weighted by Gasteiger charge is 2.07. The van der Waals surface area contributed by atoms with Gasteiger partial charge in [0.05, 0.1) is 12.3 Å². The smallest absolute Gasteiger partial charge is 0.284 e. The molecule has 0 aliphatic carbocycles. The normalized spacial score (nSPS) is 13.2. The molecule has 0 saturated heterocycles. The highest BCUT2D eigenvalue weighted by molar-refractivity contribution is 7.98. The fourth-order valence-electron chi connectivity index (χ4n) is 1.53. The maximum absolute atomic E-state index is 12.0. The van der Waals surface area contributed by atoms with Gasteiger partial charge in [-0.15, -0.1) is 0 Å². The van der Waals surface area contributed by atoms with Crippen LogP contribution in [0.25, 0.3) is 0 Å². The van der Waals surface area contributed by atoms with Gasteiger partial charge in [0.25, 0.3) is 5.76 Å². The third-order valence-electron chi connectivity index (χ3n) is 2.31. The summed E-state index contributed by atoms with van der Waals surface area (Å²) in [5, 5.41) is 3.30. The lowest BCUT2D eigenvalue weighted by molar-refractivity contribution is 0.251. The van der Waals surface area contributed by atoms with Gasteiger partial charge in [0.15, 0.2) is 0 Å². The van der Waals surface area contributed by atoms with Crippen molar-refractivity contribution in [3.8, 4) is 0 Å². The number of furan rings is 1. The average molecular weight is 295 g/mol. The van der Waals surface area contributed by atoms with Gasteiger partial charge >= 0.3 is 0 Å². The summed E-state index contributed by atoms with van der Waals surface area (Å²) in [5.74, 6) is 1.03. The van der Waals surface area contributed by atoms with Crippen LogP contribution in [0.5, 0.6) is 0 Å². The predicted octanol–water partition coefficient (Wildman–Crippen LogP) is 3.82. The van der Waals surface area contributed by atoms with Gasteiger partial charge in [0, 0.05) is 0 Å². The van der Waals surface area contributed by atoms with Crippen molar-refractivity contribution in [2.75, 3.05) is 18.6 Å². The minimum absolute atomic E-state index is 0.223. The van der Waals surface area contributed by atoms with Gasteiger partial charge in [0.1, 0.15) is 11.5 Å². The third kappa shape index (κ3) is 6.66. The summed E-state index contributed by atoms with van der Waals surface area (Å²) in [6.45, 7) is 3.77. The van der Waals surface area contributed by atoms with E-state index in [1.807, 2.05) is 17.8 Å². The molecule has 0 saturated carbocycles. The first-order valence-electron chi connectivity index (χ1n) is 5.78. The van der Waals surface area contributed by atoms with Gasteiger partial charge in [-0.1, -0.05) is 18.7 Å². The number of thioether (sulfide) groups is 2. The fourth-order valence-corrected chi connectivity index (χ4v) is 2.66. The molecule has 0 radical (unpaired) electrons. The van der Waals surface area contributed by atoms with Gasteiger partial charge in [-0.2, -0.15) is 20.5 Å². The molecule has 1 heterocycles. The van der Waals surface area contributed by atoms with E-state index in [-0.39, 0.29) is 5.75 Å². The Morgan fingerprint density at radius 3 is 2.72 bits per heavy atom. The zero-order chi connectivity index (χ0) is 13.4. The van der Waals surface area contributed by atoms with E-state index in [4.69, 9.17) is 4.42 Å². The van der Waals surface area contributed by atoms with E-state index in [0.717, 1.165) is 18.1 Å². The molecular formula is C12H19F2NOS2. The van der Waals surface area contributed by atoms with Crippen molar-refractivity contribution in [3.05, 3.63) is 23.7 Å². The first-order valence-corrected chi connectivity index (χ1v) is 8.23. The molecule has 1 atom stereocenters. The zero-order valence-electron chi connectivity index (χ0n) is 10.6. The van der Waals surface area contributed by atoms with E-state index >= 15 is 0 Å². The maximum Gasteiger partial charge on any atom is 0.284 e. The van der Waals surface area contributed by atoms with Crippen molar-refractivity contribution in [2.24, 2.45) is 5.92 Å². The summed E-state index contributed by atoms with van der Waals surface area (Å²) < 4.78 is 29.5. The standard InChI is InChI=1S/C12H19F2NOS2/c1-9(7-17-2)5-15-6-10-3-4-11(16-10)8-18-12(13)14/h3-4,9,12,15H,5-8H2,1-2H3. The second-order valence-electron chi connectivity index (χ2n) is 4.13. The third-order valence-corrected chi connectivity index (χ3v) is 3.92. The van der Waals surface area contributed by atoms with Crippen LogP contribution in [-0.2, 0) is 12.3 Å². The lowest BCUT2D eigenvalue weighted by Crippen LogP contribution is -2.21. The molecule has 0 aliphatic heterocycles. The molecule has 0 aliphatic rings. The summed E-state index contributed by atoms with van der Waals surface area (Å²) in [4.78, 5) is 0. The van der Waals surface area contributed by atoms with Crippen LogP contribution >= 0.6 is 23.5 Å². The molecule has 0 amide bonds. The van der Waals surface area contributed by atoms with Gasteiger partial charge in [0.2, 0.25) is 0 Å².